The Kier molecular flexibility index (Phi) is 3.12. The van der Waals surface area contributed by atoms with Gasteiger partial charge in [-0.05, 0) is 18.9 Å². The van der Waals surface area contributed by atoms with Gasteiger partial charge in [0, 0.05) is 7.11 Å². The van der Waals surface area contributed by atoms with Gasteiger partial charge in [-0.25, -0.2) is 0 Å². The molecule has 3 heteroatoms. The molecule has 0 radical (unpaired) electrons. The zero-order valence-electron chi connectivity index (χ0n) is 6.38. The molecule has 1 rings (SSSR count). The van der Waals surface area contributed by atoms with Gasteiger partial charge in [0.05, 0.1) is 19.3 Å². The minimum absolute atomic E-state index is 0.266. The van der Waals surface area contributed by atoms with Gasteiger partial charge in [-0.1, -0.05) is 0 Å². The minimum Gasteiger partial charge on any atom is -0.379 e. The lowest BCUT2D eigenvalue weighted by atomic mass is 10.0. The van der Waals surface area contributed by atoms with Gasteiger partial charge in [0.2, 0.25) is 0 Å². The van der Waals surface area contributed by atoms with Crippen LogP contribution in [0, 0.1) is 5.92 Å². The summed E-state index contributed by atoms with van der Waals surface area (Å²) >= 11 is 0. The van der Waals surface area contributed by atoms with Gasteiger partial charge in [-0.2, -0.15) is 0 Å². The Bertz CT molecular complexity index is 87.6. The van der Waals surface area contributed by atoms with Crippen LogP contribution in [0.5, 0.6) is 0 Å². The van der Waals surface area contributed by atoms with E-state index in [9.17, 15) is 0 Å². The second kappa shape index (κ2) is 3.91. The van der Waals surface area contributed by atoms with Crippen LogP contribution in [0.15, 0.2) is 0 Å². The number of methoxy groups -OCH3 is 1. The van der Waals surface area contributed by atoms with E-state index in [1.165, 1.54) is 0 Å². The summed E-state index contributed by atoms with van der Waals surface area (Å²) in [7, 11) is 1.72. The first kappa shape index (κ1) is 7.98. The molecule has 0 aromatic rings. The SMILES string of the molecule is CO[C@@H]1COC[C@H](CN)C1. The molecule has 1 fully saturated rings. The molecular weight excluding hydrogens is 130 g/mol. The molecule has 0 unspecified atom stereocenters. The lowest BCUT2D eigenvalue weighted by Gasteiger charge is -2.27. The highest BCUT2D eigenvalue weighted by Crippen LogP contribution is 2.14. The highest BCUT2D eigenvalue weighted by molar-refractivity contribution is 4.70. The van der Waals surface area contributed by atoms with Crippen molar-refractivity contribution in [1.29, 1.82) is 0 Å². The maximum absolute atomic E-state index is 5.48. The quantitative estimate of drug-likeness (QED) is 0.594. The fourth-order valence-corrected chi connectivity index (χ4v) is 1.20. The number of nitrogens with two attached hydrogens (primary N) is 1. The van der Waals surface area contributed by atoms with Gasteiger partial charge >= 0.3 is 0 Å². The summed E-state index contributed by atoms with van der Waals surface area (Å²) < 4.78 is 10.4. The van der Waals surface area contributed by atoms with Crippen LogP contribution in [0.2, 0.25) is 0 Å². The van der Waals surface area contributed by atoms with E-state index in [2.05, 4.69) is 0 Å². The third kappa shape index (κ3) is 1.94. The molecule has 0 spiro atoms. The first-order valence-corrected chi connectivity index (χ1v) is 3.67. The van der Waals surface area contributed by atoms with Gasteiger partial charge in [-0.15, -0.1) is 0 Å². The predicted octanol–water partition coefficient (Wildman–Crippen LogP) is -0.00340. The topological polar surface area (TPSA) is 44.5 Å². The maximum atomic E-state index is 5.48. The predicted molar refractivity (Wildman–Crippen MR) is 38.8 cm³/mol. The summed E-state index contributed by atoms with van der Waals surface area (Å²) in [6.45, 7) is 2.24. The van der Waals surface area contributed by atoms with Gasteiger partial charge in [0.25, 0.3) is 0 Å². The maximum Gasteiger partial charge on any atom is 0.0808 e. The number of ether oxygens (including phenoxy) is 2. The molecule has 0 aromatic heterocycles. The zero-order valence-corrected chi connectivity index (χ0v) is 6.38. The molecule has 60 valence electrons. The van der Waals surface area contributed by atoms with E-state index in [4.69, 9.17) is 15.2 Å². The van der Waals surface area contributed by atoms with Gasteiger partial charge in [-0.3, -0.25) is 0 Å². The van der Waals surface area contributed by atoms with E-state index in [1.807, 2.05) is 0 Å². The third-order valence-electron chi connectivity index (χ3n) is 1.92. The summed E-state index contributed by atoms with van der Waals surface area (Å²) in [5, 5.41) is 0. The van der Waals surface area contributed by atoms with Crippen LogP contribution in [0.3, 0.4) is 0 Å². The molecule has 1 aliphatic rings. The Morgan fingerprint density at radius 3 is 3.00 bits per heavy atom. The van der Waals surface area contributed by atoms with Crippen LogP contribution >= 0.6 is 0 Å². The van der Waals surface area contributed by atoms with Crippen LogP contribution < -0.4 is 5.73 Å². The van der Waals surface area contributed by atoms with Crippen molar-refractivity contribution in [1.82, 2.24) is 0 Å². The van der Waals surface area contributed by atoms with Crippen molar-refractivity contribution in [2.75, 3.05) is 26.9 Å². The van der Waals surface area contributed by atoms with Crippen molar-refractivity contribution in [2.45, 2.75) is 12.5 Å². The fourth-order valence-electron chi connectivity index (χ4n) is 1.20. The lowest BCUT2D eigenvalue weighted by Crippen LogP contribution is -2.34. The summed E-state index contributed by atoms with van der Waals surface area (Å²) in [6, 6.07) is 0. The van der Waals surface area contributed by atoms with Crippen molar-refractivity contribution in [3.05, 3.63) is 0 Å². The summed E-state index contributed by atoms with van der Waals surface area (Å²) in [4.78, 5) is 0. The van der Waals surface area contributed by atoms with E-state index in [-0.39, 0.29) is 6.10 Å². The molecular formula is C7H15NO2. The second-order valence-corrected chi connectivity index (χ2v) is 2.73. The highest BCUT2D eigenvalue weighted by atomic mass is 16.5. The zero-order chi connectivity index (χ0) is 7.40. The molecule has 0 amide bonds. The molecule has 2 N–H and O–H groups in total. The van der Waals surface area contributed by atoms with Crippen LogP contribution in [0.4, 0.5) is 0 Å². The monoisotopic (exact) mass is 145 g/mol. The number of hydrogen-bond donors (Lipinski definition) is 1. The Morgan fingerprint density at radius 1 is 1.60 bits per heavy atom. The molecule has 10 heavy (non-hydrogen) atoms. The Morgan fingerprint density at radius 2 is 2.40 bits per heavy atom. The fraction of sp³-hybridized carbons (Fsp3) is 1.00. The van der Waals surface area contributed by atoms with E-state index in [0.717, 1.165) is 19.6 Å². The molecule has 2 atom stereocenters. The van der Waals surface area contributed by atoms with E-state index in [1.54, 1.807) is 7.11 Å². The Hall–Kier alpha value is -0.120. The first-order valence-electron chi connectivity index (χ1n) is 3.67. The van der Waals surface area contributed by atoms with E-state index in [0.29, 0.717) is 12.5 Å². The molecule has 0 saturated carbocycles. The molecule has 0 aliphatic carbocycles. The molecule has 1 saturated heterocycles. The van der Waals surface area contributed by atoms with Crippen molar-refractivity contribution < 1.29 is 9.47 Å². The molecule has 1 heterocycles. The lowest BCUT2D eigenvalue weighted by molar-refractivity contribution is -0.0534. The number of hydrogen-bond acceptors (Lipinski definition) is 3. The molecule has 1 aliphatic heterocycles. The van der Waals surface area contributed by atoms with E-state index < -0.39 is 0 Å². The first-order chi connectivity index (χ1) is 4.86. The Balaban J connectivity index is 2.25. The Labute approximate surface area is 61.5 Å². The average molecular weight is 145 g/mol. The third-order valence-corrected chi connectivity index (χ3v) is 1.92. The van der Waals surface area contributed by atoms with Crippen molar-refractivity contribution in [2.24, 2.45) is 11.7 Å². The van der Waals surface area contributed by atoms with Crippen LogP contribution in [-0.4, -0.2) is 33.0 Å². The standard InChI is InChI=1S/C7H15NO2/c1-9-7-2-6(3-8)4-10-5-7/h6-7H,2-5,8H2,1H3/t6-,7-/m0/s1. The van der Waals surface area contributed by atoms with Crippen LogP contribution in [0.25, 0.3) is 0 Å². The van der Waals surface area contributed by atoms with Crippen molar-refractivity contribution in [3.8, 4) is 0 Å². The van der Waals surface area contributed by atoms with Crippen molar-refractivity contribution >= 4 is 0 Å². The highest BCUT2D eigenvalue weighted by Gasteiger charge is 2.20. The van der Waals surface area contributed by atoms with E-state index >= 15 is 0 Å². The van der Waals surface area contributed by atoms with Crippen LogP contribution in [-0.2, 0) is 9.47 Å². The second-order valence-electron chi connectivity index (χ2n) is 2.73. The van der Waals surface area contributed by atoms with Crippen molar-refractivity contribution in [3.63, 3.8) is 0 Å². The van der Waals surface area contributed by atoms with Gasteiger partial charge in [0.1, 0.15) is 0 Å². The molecule has 3 nitrogen and oxygen atoms in total. The molecule has 0 bridgehead atoms. The minimum atomic E-state index is 0.266. The van der Waals surface area contributed by atoms with Crippen LogP contribution in [0.1, 0.15) is 6.42 Å². The number of rotatable bonds is 2. The summed E-state index contributed by atoms with van der Waals surface area (Å²) in [5.41, 5.74) is 5.48. The summed E-state index contributed by atoms with van der Waals surface area (Å²) in [5.74, 6) is 0.499. The largest absolute Gasteiger partial charge is 0.379 e. The average Bonchev–Trinajstić information content (AvgIpc) is 2.05. The molecule has 0 aromatic carbocycles. The summed E-state index contributed by atoms with van der Waals surface area (Å²) in [6.07, 6.45) is 1.31. The smallest absolute Gasteiger partial charge is 0.0808 e. The normalized spacial score (nSPS) is 34.2. The van der Waals surface area contributed by atoms with Gasteiger partial charge in [0.15, 0.2) is 0 Å². The van der Waals surface area contributed by atoms with Gasteiger partial charge < -0.3 is 15.2 Å².